The van der Waals surface area contributed by atoms with Crippen molar-refractivity contribution >= 4 is 11.6 Å². The number of nitrogens with zero attached hydrogens (tertiary/aromatic N) is 1. The van der Waals surface area contributed by atoms with Crippen LogP contribution in [0.5, 0.6) is 5.75 Å². The third-order valence-electron chi connectivity index (χ3n) is 6.16. The fourth-order valence-electron chi connectivity index (χ4n) is 4.35. The molecule has 31 heavy (non-hydrogen) atoms. The zero-order valence-corrected chi connectivity index (χ0v) is 18.5. The Hall–Kier alpha value is -2.33. The number of aromatic hydroxyl groups is 1. The fraction of sp³-hybridized carbons (Fsp3) is 0.333. The summed E-state index contributed by atoms with van der Waals surface area (Å²) in [6.45, 7) is 3.59. The highest BCUT2D eigenvalue weighted by molar-refractivity contribution is 6.30. The number of rotatable bonds is 8. The molecular formula is C27H30ClNO2. The van der Waals surface area contributed by atoms with E-state index in [-0.39, 0.29) is 6.10 Å². The Bertz CT molecular complexity index is 900. The molecule has 3 aromatic rings. The highest BCUT2D eigenvalue weighted by atomic mass is 35.5. The van der Waals surface area contributed by atoms with Crippen LogP contribution in [-0.4, -0.2) is 29.7 Å². The largest absolute Gasteiger partial charge is 0.508 e. The highest BCUT2D eigenvalue weighted by Gasteiger charge is 2.21. The average Bonchev–Trinajstić information content (AvgIpc) is 2.81. The Morgan fingerprint density at radius 2 is 1.52 bits per heavy atom. The second-order valence-corrected chi connectivity index (χ2v) is 8.79. The number of phenols is 1. The van der Waals surface area contributed by atoms with Crippen molar-refractivity contribution in [2.75, 3.05) is 19.7 Å². The third kappa shape index (κ3) is 6.10. The van der Waals surface area contributed by atoms with E-state index in [1.54, 1.807) is 12.1 Å². The van der Waals surface area contributed by atoms with Crippen LogP contribution in [0.2, 0.25) is 5.02 Å². The van der Waals surface area contributed by atoms with E-state index < -0.39 is 0 Å². The molecule has 4 heteroatoms. The quantitative estimate of drug-likeness (QED) is 0.441. The zero-order valence-electron chi connectivity index (χ0n) is 17.8. The standard InChI is InChI=1S/C27H30ClNO2/c28-25-11-12-26(30)24(19-25)20-29-16-13-21(14-17-29)15-18-31-27(22-7-3-1-4-8-22)23-9-5-2-6-10-23/h1-12,19,21,27,30H,13-18,20H2. The van der Waals surface area contributed by atoms with Crippen LogP contribution in [0.25, 0.3) is 0 Å². The van der Waals surface area contributed by atoms with Gasteiger partial charge in [-0.05, 0) is 67.6 Å². The third-order valence-corrected chi connectivity index (χ3v) is 6.39. The van der Waals surface area contributed by atoms with E-state index in [4.69, 9.17) is 16.3 Å². The SMILES string of the molecule is Oc1ccc(Cl)cc1CN1CCC(CCOC(c2ccccc2)c2ccccc2)CC1. The van der Waals surface area contributed by atoms with E-state index >= 15 is 0 Å². The minimum Gasteiger partial charge on any atom is -0.508 e. The lowest BCUT2D eigenvalue weighted by atomic mass is 9.93. The first-order chi connectivity index (χ1) is 15.2. The molecule has 3 nitrogen and oxygen atoms in total. The predicted octanol–water partition coefficient (Wildman–Crippen LogP) is 6.45. The number of likely N-dealkylation sites (tertiary alicyclic amines) is 1. The summed E-state index contributed by atoms with van der Waals surface area (Å²) in [6, 6.07) is 26.2. The molecule has 0 radical (unpaired) electrons. The van der Waals surface area contributed by atoms with Gasteiger partial charge < -0.3 is 9.84 Å². The van der Waals surface area contributed by atoms with Crippen LogP contribution >= 0.6 is 11.6 Å². The van der Waals surface area contributed by atoms with Gasteiger partial charge in [0, 0.05) is 23.7 Å². The molecule has 4 rings (SSSR count). The van der Waals surface area contributed by atoms with Crippen molar-refractivity contribution in [2.45, 2.75) is 31.9 Å². The van der Waals surface area contributed by atoms with Crippen LogP contribution in [0.15, 0.2) is 78.9 Å². The smallest absolute Gasteiger partial charge is 0.120 e. The molecule has 0 aromatic heterocycles. The van der Waals surface area contributed by atoms with Crippen molar-refractivity contribution in [3.8, 4) is 5.75 Å². The minimum atomic E-state index is -0.0201. The van der Waals surface area contributed by atoms with E-state index in [1.807, 2.05) is 18.2 Å². The van der Waals surface area contributed by atoms with Gasteiger partial charge in [0.1, 0.15) is 11.9 Å². The summed E-state index contributed by atoms with van der Waals surface area (Å²) < 4.78 is 6.41. The van der Waals surface area contributed by atoms with Gasteiger partial charge in [-0.2, -0.15) is 0 Å². The van der Waals surface area contributed by atoms with Gasteiger partial charge in [0.05, 0.1) is 0 Å². The molecule has 1 fully saturated rings. The van der Waals surface area contributed by atoms with Crippen molar-refractivity contribution in [1.82, 2.24) is 4.90 Å². The molecule has 1 heterocycles. The number of piperidine rings is 1. The van der Waals surface area contributed by atoms with Crippen molar-refractivity contribution < 1.29 is 9.84 Å². The first-order valence-electron chi connectivity index (χ1n) is 11.1. The summed E-state index contributed by atoms with van der Waals surface area (Å²) >= 11 is 6.09. The van der Waals surface area contributed by atoms with Crippen molar-refractivity contribution in [3.05, 3.63) is 101 Å². The Balaban J connectivity index is 1.27. The van der Waals surface area contributed by atoms with Gasteiger partial charge in [0.15, 0.2) is 0 Å². The van der Waals surface area contributed by atoms with Crippen molar-refractivity contribution in [3.63, 3.8) is 0 Å². The van der Waals surface area contributed by atoms with Gasteiger partial charge in [-0.15, -0.1) is 0 Å². The van der Waals surface area contributed by atoms with E-state index in [0.29, 0.717) is 16.7 Å². The minimum absolute atomic E-state index is 0.0201. The molecule has 3 aromatic carbocycles. The molecule has 1 aliphatic heterocycles. The predicted molar refractivity (Wildman–Crippen MR) is 126 cm³/mol. The van der Waals surface area contributed by atoms with E-state index in [9.17, 15) is 5.11 Å². The van der Waals surface area contributed by atoms with Gasteiger partial charge in [-0.25, -0.2) is 0 Å². The number of hydrogen-bond donors (Lipinski definition) is 1. The van der Waals surface area contributed by atoms with E-state index in [2.05, 4.69) is 53.4 Å². The summed E-state index contributed by atoms with van der Waals surface area (Å²) in [5.74, 6) is 1.00. The second-order valence-electron chi connectivity index (χ2n) is 8.35. The number of benzene rings is 3. The molecule has 0 saturated carbocycles. The zero-order chi connectivity index (χ0) is 21.5. The summed E-state index contributed by atoms with van der Waals surface area (Å²) in [5.41, 5.74) is 3.30. The summed E-state index contributed by atoms with van der Waals surface area (Å²) in [6.07, 6.45) is 3.37. The molecule has 0 unspecified atom stereocenters. The Morgan fingerprint density at radius 3 is 2.13 bits per heavy atom. The molecule has 0 aliphatic carbocycles. The lowest BCUT2D eigenvalue weighted by molar-refractivity contribution is 0.0595. The molecule has 1 aliphatic rings. The summed E-state index contributed by atoms with van der Waals surface area (Å²) in [5, 5.41) is 10.7. The van der Waals surface area contributed by atoms with Crippen LogP contribution in [0, 0.1) is 5.92 Å². The number of ether oxygens (including phenoxy) is 1. The Morgan fingerprint density at radius 1 is 0.903 bits per heavy atom. The second kappa shape index (κ2) is 10.8. The highest BCUT2D eigenvalue weighted by Crippen LogP contribution is 2.29. The van der Waals surface area contributed by atoms with E-state index in [1.165, 1.54) is 11.1 Å². The molecular weight excluding hydrogens is 406 g/mol. The van der Waals surface area contributed by atoms with Gasteiger partial charge in [0.25, 0.3) is 0 Å². The molecule has 0 spiro atoms. The van der Waals surface area contributed by atoms with E-state index in [0.717, 1.165) is 51.1 Å². The first kappa shape index (κ1) is 21.9. The summed E-state index contributed by atoms with van der Waals surface area (Å²) in [7, 11) is 0. The van der Waals surface area contributed by atoms with Gasteiger partial charge in [0.2, 0.25) is 0 Å². The molecule has 0 bridgehead atoms. The Kier molecular flexibility index (Phi) is 7.63. The molecule has 1 N–H and O–H groups in total. The van der Waals surface area contributed by atoms with Gasteiger partial charge in [-0.1, -0.05) is 72.3 Å². The molecule has 0 amide bonds. The lowest BCUT2D eigenvalue weighted by Gasteiger charge is -2.32. The number of hydrogen-bond acceptors (Lipinski definition) is 3. The normalized spacial score (nSPS) is 15.4. The van der Waals surface area contributed by atoms with Crippen LogP contribution < -0.4 is 0 Å². The monoisotopic (exact) mass is 435 g/mol. The Labute approximate surface area is 190 Å². The maximum atomic E-state index is 10.1. The maximum Gasteiger partial charge on any atom is 0.120 e. The van der Waals surface area contributed by atoms with Crippen molar-refractivity contribution in [1.29, 1.82) is 0 Å². The van der Waals surface area contributed by atoms with Crippen LogP contribution in [-0.2, 0) is 11.3 Å². The average molecular weight is 436 g/mol. The number of halogens is 1. The fourth-order valence-corrected chi connectivity index (χ4v) is 4.54. The van der Waals surface area contributed by atoms with Gasteiger partial charge >= 0.3 is 0 Å². The van der Waals surface area contributed by atoms with Crippen LogP contribution in [0.1, 0.15) is 42.1 Å². The molecule has 162 valence electrons. The lowest BCUT2D eigenvalue weighted by Crippen LogP contribution is -2.33. The van der Waals surface area contributed by atoms with Crippen LogP contribution in [0.3, 0.4) is 0 Å². The van der Waals surface area contributed by atoms with Gasteiger partial charge in [-0.3, -0.25) is 4.90 Å². The molecule has 1 saturated heterocycles. The maximum absolute atomic E-state index is 10.1. The topological polar surface area (TPSA) is 32.7 Å². The number of phenolic OH excluding ortho intramolecular Hbond substituents is 1. The first-order valence-corrected chi connectivity index (χ1v) is 11.5. The van der Waals surface area contributed by atoms with Crippen LogP contribution in [0.4, 0.5) is 0 Å². The van der Waals surface area contributed by atoms with Crippen molar-refractivity contribution in [2.24, 2.45) is 5.92 Å². The summed E-state index contributed by atoms with van der Waals surface area (Å²) in [4.78, 5) is 2.40. The molecule has 0 atom stereocenters.